The first-order valence-electron chi connectivity index (χ1n) is 13.1. The van der Waals surface area contributed by atoms with Crippen LogP contribution in [0.2, 0.25) is 0 Å². The fourth-order valence-corrected chi connectivity index (χ4v) is 5.69. The van der Waals surface area contributed by atoms with Crippen LogP contribution in [-0.4, -0.2) is 34.6 Å². The molecule has 3 aromatic rings. The SMILES string of the molecule is O=C(NC1CCCC1)[C@@H](Cc1ccccc1)N(Cc1ccccc1F)C(=O)CCSCc1ccccc1. The lowest BCUT2D eigenvalue weighted by molar-refractivity contribution is -0.141. The van der Waals surface area contributed by atoms with Gasteiger partial charge < -0.3 is 10.2 Å². The van der Waals surface area contributed by atoms with Gasteiger partial charge in [0.05, 0.1) is 0 Å². The molecule has 1 N–H and O–H groups in total. The second-order valence-corrected chi connectivity index (χ2v) is 10.7. The Morgan fingerprint density at radius 3 is 2.19 bits per heavy atom. The van der Waals surface area contributed by atoms with Gasteiger partial charge in [0.25, 0.3) is 0 Å². The predicted molar refractivity (Wildman–Crippen MR) is 149 cm³/mol. The number of rotatable bonds is 12. The molecule has 0 bridgehead atoms. The lowest BCUT2D eigenvalue weighted by atomic mass is 10.0. The molecule has 1 fully saturated rings. The van der Waals surface area contributed by atoms with Crippen LogP contribution < -0.4 is 5.32 Å². The molecular formula is C31H35FN2O2S. The minimum Gasteiger partial charge on any atom is -0.352 e. The molecule has 1 aliphatic carbocycles. The second-order valence-electron chi connectivity index (χ2n) is 9.60. The van der Waals surface area contributed by atoms with Crippen molar-refractivity contribution in [2.45, 2.75) is 62.9 Å². The topological polar surface area (TPSA) is 49.4 Å². The summed E-state index contributed by atoms with van der Waals surface area (Å²) in [5, 5.41) is 3.19. The average molecular weight is 519 g/mol. The average Bonchev–Trinajstić information content (AvgIpc) is 3.43. The van der Waals surface area contributed by atoms with Gasteiger partial charge in [-0.1, -0.05) is 91.7 Å². The van der Waals surface area contributed by atoms with E-state index in [0.717, 1.165) is 37.0 Å². The Kier molecular flexibility index (Phi) is 10.2. The number of hydrogen-bond acceptors (Lipinski definition) is 3. The van der Waals surface area contributed by atoms with E-state index in [9.17, 15) is 14.0 Å². The van der Waals surface area contributed by atoms with Gasteiger partial charge in [0.15, 0.2) is 0 Å². The summed E-state index contributed by atoms with van der Waals surface area (Å²) in [6.45, 7) is 0.0600. The molecule has 0 spiro atoms. The quantitative estimate of drug-likeness (QED) is 0.293. The Labute approximate surface area is 223 Å². The van der Waals surface area contributed by atoms with Crippen molar-refractivity contribution in [3.63, 3.8) is 0 Å². The van der Waals surface area contributed by atoms with Crippen molar-refractivity contribution in [2.24, 2.45) is 0 Å². The summed E-state index contributed by atoms with van der Waals surface area (Å²) in [7, 11) is 0. The van der Waals surface area contributed by atoms with Crippen LogP contribution >= 0.6 is 11.8 Å². The molecule has 0 aliphatic heterocycles. The predicted octanol–water partition coefficient (Wildman–Crippen LogP) is 6.15. The van der Waals surface area contributed by atoms with E-state index in [1.54, 1.807) is 34.9 Å². The van der Waals surface area contributed by atoms with E-state index in [-0.39, 0.29) is 36.6 Å². The Morgan fingerprint density at radius 1 is 0.892 bits per heavy atom. The van der Waals surface area contributed by atoms with E-state index in [0.29, 0.717) is 17.7 Å². The zero-order valence-electron chi connectivity index (χ0n) is 21.2. The zero-order chi connectivity index (χ0) is 25.9. The van der Waals surface area contributed by atoms with E-state index in [1.807, 2.05) is 48.5 Å². The summed E-state index contributed by atoms with van der Waals surface area (Å²) >= 11 is 1.69. The van der Waals surface area contributed by atoms with Gasteiger partial charge in [-0.15, -0.1) is 0 Å². The monoisotopic (exact) mass is 518 g/mol. The number of carbonyl (C=O) groups excluding carboxylic acids is 2. The minimum atomic E-state index is -0.714. The van der Waals surface area contributed by atoms with Crippen LogP contribution in [0.5, 0.6) is 0 Å². The molecule has 194 valence electrons. The largest absolute Gasteiger partial charge is 0.352 e. The van der Waals surface area contributed by atoms with Gasteiger partial charge in [-0.25, -0.2) is 4.39 Å². The summed E-state index contributed by atoms with van der Waals surface area (Å²) in [4.78, 5) is 28.9. The van der Waals surface area contributed by atoms with Gasteiger partial charge in [0.2, 0.25) is 11.8 Å². The third kappa shape index (κ3) is 8.19. The lowest BCUT2D eigenvalue weighted by Crippen LogP contribution is -2.52. The van der Waals surface area contributed by atoms with E-state index < -0.39 is 6.04 Å². The molecule has 0 heterocycles. The van der Waals surface area contributed by atoms with Gasteiger partial charge in [0.1, 0.15) is 11.9 Å². The van der Waals surface area contributed by atoms with Crippen LogP contribution in [0.3, 0.4) is 0 Å². The van der Waals surface area contributed by atoms with Crippen LogP contribution in [0.4, 0.5) is 4.39 Å². The first-order valence-corrected chi connectivity index (χ1v) is 14.2. The summed E-state index contributed by atoms with van der Waals surface area (Å²) < 4.78 is 14.7. The Bertz CT molecular complexity index is 1140. The molecular weight excluding hydrogens is 483 g/mol. The lowest BCUT2D eigenvalue weighted by Gasteiger charge is -2.32. The van der Waals surface area contributed by atoms with Crippen LogP contribution in [0.15, 0.2) is 84.9 Å². The molecule has 0 saturated heterocycles. The Morgan fingerprint density at radius 2 is 1.51 bits per heavy atom. The van der Waals surface area contributed by atoms with Crippen LogP contribution in [-0.2, 0) is 28.3 Å². The molecule has 2 amide bonds. The standard InChI is InChI=1S/C31H35FN2O2S/c32-28-18-10-7-15-26(28)22-34(30(35)19-20-37-23-25-13-5-2-6-14-25)29(21-24-11-3-1-4-12-24)31(36)33-27-16-8-9-17-27/h1-7,10-15,18,27,29H,8-9,16-17,19-23H2,(H,33,36)/t29-/m1/s1. The third-order valence-electron chi connectivity index (χ3n) is 6.84. The number of carbonyl (C=O) groups is 2. The molecule has 4 rings (SSSR count). The van der Waals surface area contributed by atoms with Gasteiger partial charge in [-0.05, 0) is 30.0 Å². The number of benzene rings is 3. The summed E-state index contributed by atoms with van der Waals surface area (Å²) in [5.74, 6) is 0.790. The number of amides is 2. The summed E-state index contributed by atoms with van der Waals surface area (Å²) in [6, 6.07) is 25.8. The van der Waals surface area contributed by atoms with Crippen molar-refractivity contribution in [3.8, 4) is 0 Å². The van der Waals surface area contributed by atoms with Crippen molar-refractivity contribution >= 4 is 23.6 Å². The Balaban J connectivity index is 1.53. The number of nitrogens with zero attached hydrogens (tertiary/aromatic N) is 1. The molecule has 1 saturated carbocycles. The Hall–Kier alpha value is -3.12. The van der Waals surface area contributed by atoms with Gasteiger partial charge in [-0.3, -0.25) is 9.59 Å². The second kappa shape index (κ2) is 14.0. The fourth-order valence-electron chi connectivity index (χ4n) is 4.80. The maximum atomic E-state index is 14.7. The van der Waals surface area contributed by atoms with Crippen LogP contribution in [0.1, 0.15) is 48.8 Å². The van der Waals surface area contributed by atoms with Gasteiger partial charge in [0, 0.05) is 42.5 Å². The maximum Gasteiger partial charge on any atom is 0.243 e. The molecule has 37 heavy (non-hydrogen) atoms. The van der Waals surface area contributed by atoms with E-state index >= 15 is 0 Å². The van der Waals surface area contributed by atoms with E-state index in [2.05, 4.69) is 17.4 Å². The van der Waals surface area contributed by atoms with Crippen molar-refractivity contribution in [2.75, 3.05) is 5.75 Å². The highest BCUT2D eigenvalue weighted by Gasteiger charge is 2.32. The number of thioether (sulfide) groups is 1. The van der Waals surface area contributed by atoms with Gasteiger partial charge in [-0.2, -0.15) is 11.8 Å². The van der Waals surface area contributed by atoms with Crippen LogP contribution in [0.25, 0.3) is 0 Å². The zero-order valence-corrected chi connectivity index (χ0v) is 22.0. The number of halogens is 1. The highest BCUT2D eigenvalue weighted by molar-refractivity contribution is 7.98. The van der Waals surface area contributed by atoms with Crippen molar-refractivity contribution in [1.82, 2.24) is 10.2 Å². The molecule has 0 aromatic heterocycles. The maximum absolute atomic E-state index is 14.7. The molecule has 0 radical (unpaired) electrons. The molecule has 3 aromatic carbocycles. The smallest absolute Gasteiger partial charge is 0.243 e. The number of nitrogens with one attached hydrogen (secondary N) is 1. The summed E-state index contributed by atoms with van der Waals surface area (Å²) in [5.41, 5.74) is 2.60. The summed E-state index contributed by atoms with van der Waals surface area (Å²) in [6.07, 6.45) is 4.79. The highest BCUT2D eigenvalue weighted by atomic mass is 32.2. The number of hydrogen-bond donors (Lipinski definition) is 1. The molecule has 4 nitrogen and oxygen atoms in total. The van der Waals surface area contributed by atoms with Crippen molar-refractivity contribution < 1.29 is 14.0 Å². The van der Waals surface area contributed by atoms with E-state index in [4.69, 9.17) is 0 Å². The minimum absolute atomic E-state index is 0.0600. The third-order valence-corrected chi connectivity index (χ3v) is 7.87. The first kappa shape index (κ1) is 26.9. The fraction of sp³-hybridized carbons (Fsp3) is 0.355. The van der Waals surface area contributed by atoms with Crippen molar-refractivity contribution in [3.05, 3.63) is 107 Å². The molecule has 0 unspecified atom stereocenters. The first-order chi connectivity index (χ1) is 18.1. The van der Waals surface area contributed by atoms with E-state index in [1.165, 1.54) is 11.6 Å². The molecule has 1 atom stereocenters. The normalized spacial score (nSPS) is 14.3. The van der Waals surface area contributed by atoms with Gasteiger partial charge >= 0.3 is 0 Å². The van der Waals surface area contributed by atoms with Crippen molar-refractivity contribution in [1.29, 1.82) is 0 Å². The molecule has 1 aliphatic rings. The molecule has 6 heteroatoms. The highest BCUT2D eigenvalue weighted by Crippen LogP contribution is 2.22. The van der Waals surface area contributed by atoms with Crippen LogP contribution in [0, 0.1) is 5.82 Å².